The number of ether oxygens (including phenoxy) is 1. The van der Waals surface area contributed by atoms with Gasteiger partial charge in [0.25, 0.3) is 5.91 Å². The van der Waals surface area contributed by atoms with Crippen molar-refractivity contribution in [3.05, 3.63) is 29.6 Å². The molecular weight excluding hydrogens is 317 g/mol. The fraction of sp³-hybridized carbons (Fsp3) is 0.500. The molecule has 1 aromatic rings. The molecule has 1 aliphatic heterocycles. The number of carboxylic acid groups (broad SMARTS) is 1. The summed E-state index contributed by atoms with van der Waals surface area (Å²) in [7, 11) is 0. The second-order valence-corrected chi connectivity index (χ2v) is 5.35. The highest BCUT2D eigenvalue weighted by molar-refractivity contribution is 5.93. The van der Waals surface area contributed by atoms with Crippen molar-refractivity contribution >= 4 is 11.9 Å². The van der Waals surface area contributed by atoms with E-state index in [1.165, 1.54) is 0 Å². The maximum Gasteiger partial charge on any atom is 0.417 e. The first-order chi connectivity index (χ1) is 10.7. The Morgan fingerprint density at radius 2 is 1.96 bits per heavy atom. The second kappa shape index (κ2) is 6.53. The van der Waals surface area contributed by atoms with Crippen LogP contribution in [-0.2, 0) is 15.7 Å². The number of nitrogens with one attached hydrogen (secondary N) is 1. The van der Waals surface area contributed by atoms with Crippen molar-refractivity contribution in [1.29, 1.82) is 0 Å². The highest BCUT2D eigenvalue weighted by atomic mass is 19.4. The van der Waals surface area contributed by atoms with Gasteiger partial charge < -0.3 is 15.2 Å². The SMILES string of the molecule is O=C(O)CC1(NC(=O)c2ccc(C(F)(F)F)cn2)CCOCC1. The predicted molar refractivity (Wildman–Crippen MR) is 71.7 cm³/mol. The average molecular weight is 332 g/mol. The van der Waals surface area contributed by atoms with Crippen molar-refractivity contribution in [2.75, 3.05) is 13.2 Å². The van der Waals surface area contributed by atoms with Gasteiger partial charge in [-0.15, -0.1) is 0 Å². The largest absolute Gasteiger partial charge is 0.481 e. The minimum absolute atomic E-state index is 0.200. The summed E-state index contributed by atoms with van der Waals surface area (Å²) in [5.41, 5.74) is -2.14. The van der Waals surface area contributed by atoms with Crippen LogP contribution in [0.1, 0.15) is 35.3 Å². The van der Waals surface area contributed by atoms with Gasteiger partial charge in [-0.2, -0.15) is 13.2 Å². The molecule has 0 bridgehead atoms. The molecule has 1 fully saturated rings. The van der Waals surface area contributed by atoms with E-state index in [4.69, 9.17) is 9.84 Å². The van der Waals surface area contributed by atoms with Gasteiger partial charge in [0.2, 0.25) is 0 Å². The topological polar surface area (TPSA) is 88.5 Å². The minimum Gasteiger partial charge on any atom is -0.481 e. The molecule has 2 N–H and O–H groups in total. The number of hydrogen-bond donors (Lipinski definition) is 2. The number of aliphatic carboxylic acids is 1. The number of halogens is 3. The first-order valence-electron chi connectivity index (χ1n) is 6.87. The van der Waals surface area contributed by atoms with E-state index in [9.17, 15) is 22.8 Å². The van der Waals surface area contributed by atoms with Crippen molar-refractivity contribution in [3.63, 3.8) is 0 Å². The number of pyridine rings is 1. The fourth-order valence-electron chi connectivity index (χ4n) is 2.40. The Bertz CT molecular complexity index is 581. The Morgan fingerprint density at radius 1 is 1.30 bits per heavy atom. The Hall–Kier alpha value is -2.16. The Labute approximate surface area is 129 Å². The first-order valence-corrected chi connectivity index (χ1v) is 6.87. The number of carboxylic acids is 1. The van der Waals surface area contributed by atoms with E-state index < -0.39 is 29.2 Å². The predicted octanol–water partition coefficient (Wildman–Crippen LogP) is 1.85. The zero-order valence-electron chi connectivity index (χ0n) is 12.0. The lowest BCUT2D eigenvalue weighted by molar-refractivity contribution is -0.140. The van der Waals surface area contributed by atoms with Crippen LogP contribution in [0.3, 0.4) is 0 Å². The van der Waals surface area contributed by atoms with E-state index in [0.717, 1.165) is 12.1 Å². The standard InChI is InChI=1S/C14H15F3N2O4/c15-14(16,17)9-1-2-10(18-8-9)12(22)19-13(7-11(20)21)3-5-23-6-4-13/h1-2,8H,3-7H2,(H,19,22)(H,20,21). The van der Waals surface area contributed by atoms with Crippen molar-refractivity contribution in [3.8, 4) is 0 Å². The Balaban J connectivity index is 2.13. The Kier molecular flexibility index (Phi) is 4.88. The third-order valence-electron chi connectivity index (χ3n) is 3.64. The zero-order valence-corrected chi connectivity index (χ0v) is 12.0. The van der Waals surface area contributed by atoms with E-state index in [-0.39, 0.29) is 12.1 Å². The molecule has 2 rings (SSSR count). The quantitative estimate of drug-likeness (QED) is 0.878. The summed E-state index contributed by atoms with van der Waals surface area (Å²) in [5.74, 6) is -1.78. The van der Waals surface area contributed by atoms with E-state index in [2.05, 4.69) is 10.3 Å². The number of carbonyl (C=O) groups is 2. The molecule has 0 atom stereocenters. The van der Waals surface area contributed by atoms with Crippen LogP contribution in [0.2, 0.25) is 0 Å². The van der Waals surface area contributed by atoms with E-state index in [0.29, 0.717) is 32.3 Å². The van der Waals surface area contributed by atoms with Crippen LogP contribution in [-0.4, -0.2) is 40.7 Å². The summed E-state index contributed by atoms with van der Waals surface area (Å²) in [6, 6.07) is 1.72. The van der Waals surface area contributed by atoms with Crippen molar-refractivity contribution in [2.24, 2.45) is 0 Å². The third kappa shape index (κ3) is 4.41. The van der Waals surface area contributed by atoms with Gasteiger partial charge in [-0.25, -0.2) is 0 Å². The molecule has 0 aliphatic carbocycles. The summed E-state index contributed by atoms with van der Waals surface area (Å²) >= 11 is 0. The molecule has 6 nitrogen and oxygen atoms in total. The molecular formula is C14H15F3N2O4. The number of aromatic nitrogens is 1. The molecule has 1 aliphatic rings. The molecule has 0 spiro atoms. The van der Waals surface area contributed by atoms with Crippen LogP contribution in [0.25, 0.3) is 0 Å². The van der Waals surface area contributed by atoms with Gasteiger partial charge in [0.05, 0.1) is 17.5 Å². The molecule has 1 amide bonds. The minimum atomic E-state index is -4.53. The third-order valence-corrected chi connectivity index (χ3v) is 3.64. The van der Waals surface area contributed by atoms with E-state index >= 15 is 0 Å². The smallest absolute Gasteiger partial charge is 0.417 e. The van der Waals surface area contributed by atoms with Crippen LogP contribution in [0.4, 0.5) is 13.2 Å². The summed E-state index contributed by atoms with van der Waals surface area (Å²) in [4.78, 5) is 26.7. The lowest BCUT2D eigenvalue weighted by Gasteiger charge is -2.36. The maximum atomic E-state index is 12.5. The molecule has 0 radical (unpaired) electrons. The zero-order chi connectivity index (χ0) is 17.1. The number of carbonyl (C=O) groups excluding carboxylic acids is 1. The molecule has 23 heavy (non-hydrogen) atoms. The van der Waals surface area contributed by atoms with Crippen molar-refractivity contribution in [1.82, 2.24) is 10.3 Å². The molecule has 0 unspecified atom stereocenters. The number of rotatable bonds is 4. The van der Waals surface area contributed by atoms with Crippen LogP contribution in [0.15, 0.2) is 18.3 Å². The molecule has 0 aromatic carbocycles. The summed E-state index contributed by atoms with van der Waals surface area (Å²) in [6.45, 7) is 0.599. The van der Waals surface area contributed by atoms with Crippen molar-refractivity contribution in [2.45, 2.75) is 31.0 Å². The van der Waals surface area contributed by atoms with Crippen LogP contribution < -0.4 is 5.32 Å². The highest BCUT2D eigenvalue weighted by Crippen LogP contribution is 2.29. The molecule has 0 saturated carbocycles. The van der Waals surface area contributed by atoms with Gasteiger partial charge in [0.15, 0.2) is 0 Å². The van der Waals surface area contributed by atoms with Gasteiger partial charge in [-0.1, -0.05) is 0 Å². The van der Waals surface area contributed by atoms with Gasteiger partial charge in [0, 0.05) is 19.4 Å². The lowest BCUT2D eigenvalue weighted by atomic mass is 9.86. The Morgan fingerprint density at radius 3 is 2.43 bits per heavy atom. The second-order valence-electron chi connectivity index (χ2n) is 5.35. The van der Waals surface area contributed by atoms with Crippen LogP contribution >= 0.6 is 0 Å². The van der Waals surface area contributed by atoms with Gasteiger partial charge in [-0.05, 0) is 25.0 Å². The number of hydrogen-bond acceptors (Lipinski definition) is 4. The summed E-state index contributed by atoms with van der Waals surface area (Å²) in [5, 5.41) is 11.6. The van der Waals surface area contributed by atoms with Gasteiger partial charge in [-0.3, -0.25) is 14.6 Å². The number of alkyl halides is 3. The number of nitrogens with zero attached hydrogens (tertiary/aromatic N) is 1. The molecule has 126 valence electrons. The lowest BCUT2D eigenvalue weighted by Crippen LogP contribution is -2.53. The normalized spacial score (nSPS) is 17.5. The summed E-state index contributed by atoms with van der Waals surface area (Å²) in [6.07, 6.45) is -3.63. The monoisotopic (exact) mass is 332 g/mol. The first kappa shape index (κ1) is 17.2. The molecule has 1 aromatic heterocycles. The molecule has 9 heteroatoms. The fourth-order valence-corrected chi connectivity index (χ4v) is 2.40. The maximum absolute atomic E-state index is 12.5. The van der Waals surface area contributed by atoms with Gasteiger partial charge in [0.1, 0.15) is 5.69 Å². The highest BCUT2D eigenvalue weighted by Gasteiger charge is 2.37. The molecule has 1 saturated heterocycles. The molecule has 2 heterocycles. The number of amides is 1. The van der Waals surface area contributed by atoms with E-state index in [1.54, 1.807) is 0 Å². The van der Waals surface area contributed by atoms with Crippen LogP contribution in [0, 0.1) is 0 Å². The van der Waals surface area contributed by atoms with Crippen molar-refractivity contribution < 1.29 is 32.6 Å². The van der Waals surface area contributed by atoms with Gasteiger partial charge >= 0.3 is 12.1 Å². The van der Waals surface area contributed by atoms with E-state index in [1.807, 2.05) is 0 Å². The summed E-state index contributed by atoms with van der Waals surface area (Å²) < 4.78 is 42.6. The average Bonchev–Trinajstić information content (AvgIpc) is 2.46. The van der Waals surface area contributed by atoms with Crippen LogP contribution in [0.5, 0.6) is 0 Å².